The van der Waals surface area contributed by atoms with E-state index in [1.54, 1.807) is 30.1 Å². The van der Waals surface area contributed by atoms with Crippen molar-refractivity contribution in [1.82, 2.24) is 4.90 Å². The van der Waals surface area contributed by atoms with E-state index in [0.29, 0.717) is 11.4 Å². The average molecular weight is 383 g/mol. The number of carbonyl (C=O) groups is 3. The summed E-state index contributed by atoms with van der Waals surface area (Å²) >= 11 is 0. The lowest BCUT2D eigenvalue weighted by molar-refractivity contribution is -0.136. The summed E-state index contributed by atoms with van der Waals surface area (Å²) in [5, 5.41) is 2.81. The average Bonchev–Trinajstić information content (AvgIpc) is 2.67. The van der Waals surface area contributed by atoms with Crippen LogP contribution in [0.15, 0.2) is 24.3 Å². The fourth-order valence-corrected chi connectivity index (χ4v) is 2.86. The van der Waals surface area contributed by atoms with Crippen LogP contribution in [0.1, 0.15) is 27.2 Å². The highest BCUT2D eigenvalue weighted by Crippen LogP contribution is 2.31. The lowest BCUT2D eigenvalue weighted by Crippen LogP contribution is -2.50. The number of hydrogen-bond donors (Lipinski definition) is 2. The van der Waals surface area contributed by atoms with E-state index in [0.717, 1.165) is 0 Å². The second-order valence-corrected chi connectivity index (χ2v) is 6.85. The Balaban J connectivity index is 0.00000338. The van der Waals surface area contributed by atoms with Gasteiger partial charge in [-0.1, -0.05) is 26.0 Å². The zero-order chi connectivity index (χ0) is 18.7. The van der Waals surface area contributed by atoms with E-state index in [4.69, 9.17) is 5.73 Å². The molecule has 0 radical (unpaired) electrons. The van der Waals surface area contributed by atoms with E-state index in [1.807, 2.05) is 26.8 Å². The maximum absolute atomic E-state index is 12.9. The molecule has 0 spiro atoms. The molecule has 1 heterocycles. The molecule has 8 heteroatoms. The lowest BCUT2D eigenvalue weighted by atomic mass is 10.0. The van der Waals surface area contributed by atoms with Gasteiger partial charge in [0, 0.05) is 19.5 Å². The highest BCUT2D eigenvalue weighted by atomic mass is 35.5. The zero-order valence-corrected chi connectivity index (χ0v) is 16.4. The fourth-order valence-electron chi connectivity index (χ4n) is 2.86. The van der Waals surface area contributed by atoms with E-state index in [9.17, 15) is 14.4 Å². The Hall–Kier alpha value is -2.12. The number of para-hydroxylation sites is 2. The molecule has 0 aliphatic carbocycles. The largest absolute Gasteiger partial charge is 0.335 e. The number of amides is 3. The van der Waals surface area contributed by atoms with Gasteiger partial charge in [-0.3, -0.25) is 14.4 Å². The van der Waals surface area contributed by atoms with Crippen LogP contribution in [0, 0.1) is 5.92 Å². The molecule has 1 aliphatic heterocycles. The number of halogens is 1. The van der Waals surface area contributed by atoms with Gasteiger partial charge in [-0.25, -0.2) is 0 Å². The Kier molecular flexibility index (Phi) is 7.59. The van der Waals surface area contributed by atoms with Crippen molar-refractivity contribution in [3.8, 4) is 0 Å². The Morgan fingerprint density at radius 1 is 1.35 bits per heavy atom. The molecule has 1 aromatic carbocycles. The van der Waals surface area contributed by atoms with Gasteiger partial charge in [0.2, 0.25) is 17.7 Å². The topological polar surface area (TPSA) is 95.7 Å². The van der Waals surface area contributed by atoms with Crippen molar-refractivity contribution < 1.29 is 14.4 Å². The second kappa shape index (κ2) is 9.00. The van der Waals surface area contributed by atoms with Crippen LogP contribution in [0.25, 0.3) is 0 Å². The summed E-state index contributed by atoms with van der Waals surface area (Å²) in [5.74, 6) is -0.664. The zero-order valence-electron chi connectivity index (χ0n) is 15.6. The quantitative estimate of drug-likeness (QED) is 0.826. The van der Waals surface area contributed by atoms with E-state index in [-0.39, 0.29) is 55.1 Å². The standard InChI is InChI=1S/C18H26N4O3.ClH/c1-11(2)17(19)18(25)21(4)10-16(24)22-12(3)9-15(23)20-13-7-5-6-8-14(13)22;/h5-8,11-12,17H,9-10,19H2,1-4H3,(H,20,23);1H/t12?,17-;/m0./s1. The van der Waals surface area contributed by atoms with Crippen LogP contribution in [0.3, 0.4) is 0 Å². The molecule has 7 nitrogen and oxygen atoms in total. The molecule has 0 aromatic heterocycles. The Morgan fingerprint density at radius 3 is 2.58 bits per heavy atom. The summed E-state index contributed by atoms with van der Waals surface area (Å²) in [5.41, 5.74) is 7.13. The minimum absolute atomic E-state index is 0. The normalized spacial score (nSPS) is 17.5. The number of nitrogens with one attached hydrogen (secondary N) is 1. The number of fused-ring (bicyclic) bond motifs is 1. The molecule has 2 atom stereocenters. The van der Waals surface area contributed by atoms with Crippen LogP contribution in [0.2, 0.25) is 0 Å². The number of likely N-dealkylation sites (N-methyl/N-ethyl adjacent to an activating group) is 1. The van der Waals surface area contributed by atoms with Crippen LogP contribution in [0.4, 0.5) is 11.4 Å². The van der Waals surface area contributed by atoms with Gasteiger partial charge in [0.25, 0.3) is 0 Å². The molecule has 1 unspecified atom stereocenters. The molecular weight excluding hydrogens is 356 g/mol. The molecule has 0 saturated carbocycles. The first-order valence-electron chi connectivity index (χ1n) is 8.43. The van der Waals surface area contributed by atoms with Crippen LogP contribution in [0.5, 0.6) is 0 Å². The third-order valence-corrected chi connectivity index (χ3v) is 4.38. The van der Waals surface area contributed by atoms with Gasteiger partial charge in [0.1, 0.15) is 0 Å². The maximum atomic E-state index is 12.9. The summed E-state index contributed by atoms with van der Waals surface area (Å²) < 4.78 is 0. The van der Waals surface area contributed by atoms with Gasteiger partial charge in [-0.05, 0) is 25.0 Å². The van der Waals surface area contributed by atoms with Gasteiger partial charge in [-0.2, -0.15) is 0 Å². The van der Waals surface area contributed by atoms with Crippen molar-refractivity contribution in [3.63, 3.8) is 0 Å². The third kappa shape index (κ3) is 4.74. The van der Waals surface area contributed by atoms with Crippen molar-refractivity contribution in [1.29, 1.82) is 0 Å². The smallest absolute Gasteiger partial charge is 0.246 e. The molecule has 144 valence electrons. The molecule has 2 rings (SSSR count). The molecule has 1 aliphatic rings. The van der Waals surface area contributed by atoms with Gasteiger partial charge in [0.15, 0.2) is 0 Å². The van der Waals surface area contributed by atoms with Gasteiger partial charge in [-0.15, -0.1) is 12.4 Å². The third-order valence-electron chi connectivity index (χ3n) is 4.38. The van der Waals surface area contributed by atoms with Crippen LogP contribution < -0.4 is 16.0 Å². The van der Waals surface area contributed by atoms with Crippen LogP contribution >= 0.6 is 12.4 Å². The molecule has 26 heavy (non-hydrogen) atoms. The lowest BCUT2D eigenvalue weighted by Gasteiger charge is -2.30. The first-order valence-corrected chi connectivity index (χ1v) is 8.43. The highest BCUT2D eigenvalue weighted by Gasteiger charge is 2.31. The van der Waals surface area contributed by atoms with E-state index >= 15 is 0 Å². The number of hydrogen-bond acceptors (Lipinski definition) is 4. The number of carbonyl (C=O) groups excluding carboxylic acids is 3. The predicted molar refractivity (Wildman–Crippen MR) is 104 cm³/mol. The van der Waals surface area contributed by atoms with Crippen molar-refractivity contribution in [2.75, 3.05) is 23.8 Å². The predicted octanol–water partition coefficient (Wildman–Crippen LogP) is 1.61. The molecule has 0 bridgehead atoms. The number of nitrogens with two attached hydrogens (primary N) is 1. The Labute approximate surface area is 160 Å². The first kappa shape index (κ1) is 21.9. The number of nitrogens with zero attached hydrogens (tertiary/aromatic N) is 2. The van der Waals surface area contributed by atoms with Crippen molar-refractivity contribution in [3.05, 3.63) is 24.3 Å². The first-order chi connectivity index (χ1) is 11.7. The van der Waals surface area contributed by atoms with E-state index in [1.165, 1.54) is 4.90 Å². The molecule has 3 amide bonds. The Bertz CT molecular complexity index is 680. The second-order valence-electron chi connectivity index (χ2n) is 6.85. The summed E-state index contributed by atoms with van der Waals surface area (Å²) in [7, 11) is 1.57. The minimum Gasteiger partial charge on any atom is -0.335 e. The number of benzene rings is 1. The van der Waals surface area contributed by atoms with E-state index < -0.39 is 6.04 Å². The minimum atomic E-state index is -0.644. The van der Waals surface area contributed by atoms with Gasteiger partial charge >= 0.3 is 0 Å². The highest BCUT2D eigenvalue weighted by molar-refractivity contribution is 6.05. The molecule has 3 N–H and O–H groups in total. The van der Waals surface area contributed by atoms with Crippen molar-refractivity contribution in [2.45, 2.75) is 39.3 Å². The fraction of sp³-hybridized carbons (Fsp3) is 0.500. The summed E-state index contributed by atoms with van der Waals surface area (Å²) in [6, 6.07) is 6.21. The molecular formula is C18H27ClN4O3. The van der Waals surface area contributed by atoms with E-state index in [2.05, 4.69) is 5.32 Å². The van der Waals surface area contributed by atoms with Crippen molar-refractivity contribution >= 4 is 41.5 Å². The van der Waals surface area contributed by atoms with Crippen molar-refractivity contribution in [2.24, 2.45) is 11.7 Å². The van der Waals surface area contributed by atoms with Crippen LogP contribution in [-0.2, 0) is 14.4 Å². The summed E-state index contributed by atoms with van der Waals surface area (Å²) in [4.78, 5) is 40.1. The molecule has 0 saturated heterocycles. The van der Waals surface area contributed by atoms with Gasteiger partial charge in [0.05, 0.1) is 24.0 Å². The number of rotatable bonds is 4. The summed E-state index contributed by atoms with van der Waals surface area (Å²) in [6.45, 7) is 5.46. The maximum Gasteiger partial charge on any atom is 0.246 e. The molecule has 1 aromatic rings. The SMILES string of the molecule is CC(C)[C@H](N)C(=O)N(C)CC(=O)N1c2ccccc2NC(=O)CC1C.Cl. The number of anilines is 2. The molecule has 0 fully saturated rings. The van der Waals surface area contributed by atoms with Crippen LogP contribution in [-0.4, -0.2) is 48.3 Å². The Morgan fingerprint density at radius 2 is 1.96 bits per heavy atom. The monoisotopic (exact) mass is 382 g/mol. The summed E-state index contributed by atoms with van der Waals surface area (Å²) in [6.07, 6.45) is 0.198. The van der Waals surface area contributed by atoms with Gasteiger partial charge < -0.3 is 20.9 Å².